The first kappa shape index (κ1) is 18.7. The molecular weight excluding hydrogens is 326 g/mol. The minimum absolute atomic E-state index is 0.127. The van der Waals surface area contributed by atoms with E-state index in [2.05, 4.69) is 14.9 Å². The smallest absolute Gasteiger partial charge is 0.244 e. The van der Waals surface area contributed by atoms with Crippen LogP contribution in [0.5, 0.6) is 0 Å². The largest absolute Gasteiger partial charge is 0.268 e. The zero-order valence-corrected chi connectivity index (χ0v) is 16.1. The van der Waals surface area contributed by atoms with Crippen LogP contribution in [-0.2, 0) is 16.6 Å². The van der Waals surface area contributed by atoms with Crippen molar-refractivity contribution >= 4 is 10.0 Å². The highest BCUT2D eigenvalue weighted by atomic mass is 32.2. The molecular formula is C16H27N5O2S. The van der Waals surface area contributed by atoms with Crippen molar-refractivity contribution in [2.24, 2.45) is 0 Å². The summed E-state index contributed by atoms with van der Waals surface area (Å²) in [5, 5.41) is 8.74. The Labute approximate surface area is 144 Å². The van der Waals surface area contributed by atoms with Crippen molar-refractivity contribution < 1.29 is 8.42 Å². The van der Waals surface area contributed by atoms with Crippen molar-refractivity contribution in [3.05, 3.63) is 28.8 Å². The van der Waals surface area contributed by atoms with Crippen molar-refractivity contribution in [1.29, 1.82) is 0 Å². The van der Waals surface area contributed by atoms with Gasteiger partial charge in [-0.05, 0) is 54.0 Å². The lowest BCUT2D eigenvalue weighted by Crippen LogP contribution is -2.27. The summed E-state index contributed by atoms with van der Waals surface area (Å²) in [4.78, 5) is 0.295. The van der Waals surface area contributed by atoms with Crippen molar-refractivity contribution in [2.45, 2.75) is 65.4 Å². The molecule has 0 aliphatic heterocycles. The predicted molar refractivity (Wildman–Crippen MR) is 93.6 cm³/mol. The Kier molecular flexibility index (Phi) is 5.49. The SMILES string of the molecule is CCn1nc(C)c(S(=O)(=O)NCCC(C)n2nc(C)cc2C)c1C. The zero-order valence-electron chi connectivity index (χ0n) is 15.3. The third-order valence-electron chi connectivity index (χ3n) is 4.20. The van der Waals surface area contributed by atoms with E-state index in [0.29, 0.717) is 35.8 Å². The Balaban J connectivity index is 2.06. The number of aromatic nitrogens is 4. The number of rotatable bonds is 7. The second-order valence-electron chi connectivity index (χ2n) is 6.22. The molecule has 0 aliphatic carbocycles. The molecule has 2 heterocycles. The normalized spacial score (nSPS) is 13.4. The lowest BCUT2D eigenvalue weighted by molar-refractivity contribution is 0.446. The van der Waals surface area contributed by atoms with Crippen molar-refractivity contribution in [3.63, 3.8) is 0 Å². The number of hydrogen-bond acceptors (Lipinski definition) is 4. The van der Waals surface area contributed by atoms with E-state index < -0.39 is 10.0 Å². The first-order chi connectivity index (χ1) is 11.2. The molecule has 1 atom stereocenters. The fraction of sp³-hybridized carbons (Fsp3) is 0.625. The number of hydrogen-bond donors (Lipinski definition) is 1. The van der Waals surface area contributed by atoms with Gasteiger partial charge >= 0.3 is 0 Å². The molecule has 2 aromatic heterocycles. The van der Waals surface area contributed by atoms with E-state index in [1.165, 1.54) is 0 Å². The molecule has 0 fully saturated rings. The van der Waals surface area contributed by atoms with Crippen LogP contribution in [0.4, 0.5) is 0 Å². The molecule has 0 bridgehead atoms. The Morgan fingerprint density at radius 3 is 2.38 bits per heavy atom. The monoisotopic (exact) mass is 353 g/mol. The fourth-order valence-electron chi connectivity index (χ4n) is 3.07. The van der Waals surface area contributed by atoms with Crippen molar-refractivity contribution in [2.75, 3.05) is 6.54 Å². The van der Waals surface area contributed by atoms with Gasteiger partial charge in [-0.2, -0.15) is 10.2 Å². The number of nitrogens with one attached hydrogen (secondary N) is 1. The molecule has 0 spiro atoms. The van der Waals surface area contributed by atoms with Crippen LogP contribution in [0.2, 0.25) is 0 Å². The van der Waals surface area contributed by atoms with Gasteiger partial charge in [0.1, 0.15) is 4.90 Å². The van der Waals surface area contributed by atoms with E-state index in [-0.39, 0.29) is 6.04 Å². The van der Waals surface area contributed by atoms with Crippen LogP contribution >= 0.6 is 0 Å². The molecule has 0 amide bonds. The molecule has 1 unspecified atom stereocenters. The zero-order chi connectivity index (χ0) is 18.1. The summed E-state index contributed by atoms with van der Waals surface area (Å²) in [5.74, 6) is 0. The first-order valence-electron chi connectivity index (χ1n) is 8.23. The van der Waals surface area contributed by atoms with Crippen LogP contribution in [0.15, 0.2) is 11.0 Å². The summed E-state index contributed by atoms with van der Waals surface area (Å²) >= 11 is 0. The summed E-state index contributed by atoms with van der Waals surface area (Å²) in [6.07, 6.45) is 0.668. The molecule has 134 valence electrons. The van der Waals surface area contributed by atoms with Gasteiger partial charge in [0.05, 0.1) is 23.1 Å². The molecule has 2 rings (SSSR count). The van der Waals surface area contributed by atoms with E-state index >= 15 is 0 Å². The van der Waals surface area contributed by atoms with Crippen LogP contribution in [0.1, 0.15) is 49.1 Å². The van der Waals surface area contributed by atoms with Gasteiger partial charge < -0.3 is 0 Å². The van der Waals surface area contributed by atoms with Gasteiger partial charge in [0, 0.05) is 18.8 Å². The van der Waals surface area contributed by atoms with Gasteiger partial charge in [0.2, 0.25) is 10.0 Å². The summed E-state index contributed by atoms with van der Waals surface area (Å²) < 4.78 is 31.6. The van der Waals surface area contributed by atoms with Crippen molar-refractivity contribution in [3.8, 4) is 0 Å². The number of sulfonamides is 1. The third kappa shape index (κ3) is 3.70. The highest BCUT2D eigenvalue weighted by Gasteiger charge is 2.24. The topological polar surface area (TPSA) is 81.8 Å². The summed E-state index contributed by atoms with van der Waals surface area (Å²) in [5.41, 5.74) is 3.26. The molecule has 1 N–H and O–H groups in total. The third-order valence-corrected chi connectivity index (χ3v) is 5.91. The first-order valence-corrected chi connectivity index (χ1v) is 9.72. The lowest BCUT2D eigenvalue weighted by atomic mass is 10.2. The number of nitrogens with zero attached hydrogens (tertiary/aromatic N) is 4. The Morgan fingerprint density at radius 2 is 1.88 bits per heavy atom. The van der Waals surface area contributed by atoms with E-state index in [1.54, 1.807) is 18.5 Å². The van der Waals surface area contributed by atoms with Crippen LogP contribution in [0.25, 0.3) is 0 Å². The Hall–Kier alpha value is -1.67. The van der Waals surface area contributed by atoms with Gasteiger partial charge in [-0.25, -0.2) is 13.1 Å². The fourth-order valence-corrected chi connectivity index (χ4v) is 4.52. The molecule has 0 aliphatic rings. The Morgan fingerprint density at radius 1 is 1.21 bits per heavy atom. The van der Waals surface area contributed by atoms with Crippen molar-refractivity contribution in [1.82, 2.24) is 24.3 Å². The second-order valence-corrected chi connectivity index (χ2v) is 7.93. The summed E-state index contributed by atoms with van der Waals surface area (Å²) in [6.45, 7) is 12.5. The van der Waals surface area contributed by atoms with Crippen LogP contribution in [-0.4, -0.2) is 34.5 Å². The highest BCUT2D eigenvalue weighted by Crippen LogP contribution is 2.20. The molecule has 0 aromatic carbocycles. The van der Waals surface area contributed by atoms with Crippen LogP contribution < -0.4 is 4.72 Å². The minimum atomic E-state index is -3.56. The average molecular weight is 353 g/mol. The van der Waals surface area contributed by atoms with Gasteiger partial charge in [-0.15, -0.1) is 0 Å². The van der Waals surface area contributed by atoms with Crippen LogP contribution in [0, 0.1) is 27.7 Å². The van der Waals surface area contributed by atoms with E-state index in [9.17, 15) is 8.42 Å². The average Bonchev–Trinajstić information content (AvgIpc) is 2.97. The Bertz CT molecular complexity index is 820. The quantitative estimate of drug-likeness (QED) is 0.828. The maximum Gasteiger partial charge on any atom is 0.244 e. The molecule has 2 aromatic rings. The molecule has 0 radical (unpaired) electrons. The maximum atomic E-state index is 12.6. The van der Waals surface area contributed by atoms with Gasteiger partial charge in [0.15, 0.2) is 0 Å². The molecule has 0 saturated carbocycles. The molecule has 7 nitrogen and oxygen atoms in total. The number of aryl methyl sites for hydroxylation is 4. The van der Waals surface area contributed by atoms with Gasteiger partial charge in [-0.3, -0.25) is 9.36 Å². The van der Waals surface area contributed by atoms with E-state index in [1.807, 2.05) is 38.4 Å². The summed E-state index contributed by atoms with van der Waals surface area (Å²) in [6, 6.07) is 2.15. The summed E-state index contributed by atoms with van der Waals surface area (Å²) in [7, 11) is -3.56. The van der Waals surface area contributed by atoms with Gasteiger partial charge in [0.25, 0.3) is 0 Å². The molecule has 0 saturated heterocycles. The standard InChI is InChI=1S/C16H27N5O2S/c1-7-20-15(6)16(14(5)19-20)24(22,23)17-9-8-12(3)21-13(4)10-11(2)18-21/h10,12,17H,7-9H2,1-6H3. The van der Waals surface area contributed by atoms with Crippen LogP contribution in [0.3, 0.4) is 0 Å². The lowest BCUT2D eigenvalue weighted by Gasteiger charge is -2.15. The van der Waals surface area contributed by atoms with Gasteiger partial charge in [-0.1, -0.05) is 0 Å². The second kappa shape index (κ2) is 7.06. The van der Waals surface area contributed by atoms with E-state index in [4.69, 9.17) is 0 Å². The molecule has 8 heteroatoms. The maximum absolute atomic E-state index is 12.6. The van der Waals surface area contributed by atoms with E-state index in [0.717, 1.165) is 11.4 Å². The minimum Gasteiger partial charge on any atom is -0.268 e. The predicted octanol–water partition coefficient (Wildman–Crippen LogP) is 2.26. The molecule has 24 heavy (non-hydrogen) atoms. The highest BCUT2D eigenvalue weighted by molar-refractivity contribution is 7.89.